The van der Waals surface area contributed by atoms with Crippen molar-refractivity contribution >= 4 is 12.1 Å². The number of carboxylic acids is 1. The summed E-state index contributed by atoms with van der Waals surface area (Å²) < 4.78 is 4.26. The molecule has 0 aliphatic carbocycles. The second-order valence-corrected chi connectivity index (χ2v) is 2.13. The predicted molar refractivity (Wildman–Crippen MR) is 37.3 cm³/mol. The topological polar surface area (TPSA) is 75.6 Å². The molecule has 0 aliphatic rings. The number of carbonyl (C=O) groups excluding carboxylic acids is 1. The molecule has 1 amide bonds. The van der Waals surface area contributed by atoms with E-state index in [0.29, 0.717) is 0 Å². The zero-order chi connectivity index (χ0) is 8.85. The number of ether oxygens (including phenoxy) is 1. The minimum absolute atomic E-state index is 0.102. The average molecular weight is 161 g/mol. The molecule has 0 heterocycles. The molecule has 0 unspecified atom stereocenters. The molecular weight excluding hydrogens is 150 g/mol. The minimum atomic E-state index is -0.950. The number of nitrogens with one attached hydrogen (secondary N) is 1. The van der Waals surface area contributed by atoms with Crippen LogP contribution in [-0.4, -0.2) is 30.3 Å². The summed E-state index contributed by atoms with van der Waals surface area (Å²) in [7, 11) is 1.23. The van der Waals surface area contributed by atoms with E-state index in [2.05, 4.69) is 10.1 Å². The third-order valence-electron chi connectivity index (χ3n) is 1.03. The van der Waals surface area contributed by atoms with Crippen LogP contribution in [0.15, 0.2) is 0 Å². The molecule has 0 aliphatic heterocycles. The third-order valence-corrected chi connectivity index (χ3v) is 1.03. The van der Waals surface area contributed by atoms with Gasteiger partial charge < -0.3 is 15.2 Å². The Balaban J connectivity index is 3.60. The minimum Gasteiger partial charge on any atom is -0.481 e. The van der Waals surface area contributed by atoms with Gasteiger partial charge in [0.25, 0.3) is 0 Å². The quantitative estimate of drug-likeness (QED) is 0.620. The molecule has 5 heteroatoms. The van der Waals surface area contributed by atoms with Gasteiger partial charge in [0.2, 0.25) is 0 Å². The van der Waals surface area contributed by atoms with E-state index in [1.54, 1.807) is 6.92 Å². The van der Waals surface area contributed by atoms with E-state index in [1.165, 1.54) is 7.11 Å². The molecule has 1 atom stereocenters. The van der Waals surface area contributed by atoms with Gasteiger partial charge in [0, 0.05) is 6.04 Å². The van der Waals surface area contributed by atoms with Crippen molar-refractivity contribution in [2.75, 3.05) is 7.11 Å². The SMILES string of the molecule is COC(=O)N[C@@H](C)CC(=O)O. The molecule has 0 saturated heterocycles. The molecule has 0 spiro atoms. The first-order chi connectivity index (χ1) is 5.06. The molecule has 0 fully saturated rings. The van der Waals surface area contributed by atoms with Crippen LogP contribution in [0, 0.1) is 0 Å². The molecule has 5 nitrogen and oxygen atoms in total. The Hall–Kier alpha value is -1.26. The van der Waals surface area contributed by atoms with Crippen molar-refractivity contribution in [3.05, 3.63) is 0 Å². The van der Waals surface area contributed by atoms with Gasteiger partial charge in [-0.2, -0.15) is 0 Å². The van der Waals surface area contributed by atoms with Gasteiger partial charge >= 0.3 is 12.1 Å². The monoisotopic (exact) mass is 161 g/mol. The van der Waals surface area contributed by atoms with Gasteiger partial charge in [-0.1, -0.05) is 0 Å². The van der Waals surface area contributed by atoms with Gasteiger partial charge in [-0.05, 0) is 6.92 Å². The summed E-state index contributed by atoms with van der Waals surface area (Å²) in [6.07, 6.45) is -0.714. The molecule has 0 aromatic heterocycles. The van der Waals surface area contributed by atoms with Gasteiger partial charge in [-0.15, -0.1) is 0 Å². The van der Waals surface area contributed by atoms with E-state index < -0.39 is 18.1 Å². The molecule has 0 radical (unpaired) electrons. The number of hydrogen-bond acceptors (Lipinski definition) is 3. The van der Waals surface area contributed by atoms with E-state index in [4.69, 9.17) is 5.11 Å². The van der Waals surface area contributed by atoms with Gasteiger partial charge in [0.05, 0.1) is 13.5 Å². The van der Waals surface area contributed by atoms with Gasteiger partial charge in [0.1, 0.15) is 0 Å². The van der Waals surface area contributed by atoms with Crippen molar-refractivity contribution in [2.24, 2.45) is 0 Å². The molecular formula is C6H11NO4. The first-order valence-electron chi connectivity index (χ1n) is 3.12. The molecule has 2 N–H and O–H groups in total. The van der Waals surface area contributed by atoms with E-state index >= 15 is 0 Å². The first kappa shape index (κ1) is 9.74. The van der Waals surface area contributed by atoms with Crippen LogP contribution in [0.1, 0.15) is 13.3 Å². The largest absolute Gasteiger partial charge is 0.481 e. The molecule has 0 aromatic carbocycles. The lowest BCUT2D eigenvalue weighted by atomic mass is 10.2. The lowest BCUT2D eigenvalue weighted by Gasteiger charge is -2.09. The van der Waals surface area contributed by atoms with E-state index in [1.807, 2.05) is 0 Å². The number of aliphatic carboxylic acids is 1. The van der Waals surface area contributed by atoms with Crippen LogP contribution < -0.4 is 5.32 Å². The lowest BCUT2D eigenvalue weighted by Crippen LogP contribution is -2.33. The summed E-state index contributed by atoms with van der Waals surface area (Å²) >= 11 is 0. The number of carboxylic acid groups (broad SMARTS) is 1. The van der Waals surface area contributed by atoms with Crippen molar-refractivity contribution in [3.63, 3.8) is 0 Å². The van der Waals surface area contributed by atoms with Crippen molar-refractivity contribution in [3.8, 4) is 0 Å². The summed E-state index contributed by atoms with van der Waals surface area (Å²) in [6.45, 7) is 1.59. The van der Waals surface area contributed by atoms with Crippen LogP contribution in [0.2, 0.25) is 0 Å². The van der Waals surface area contributed by atoms with Crippen LogP contribution >= 0.6 is 0 Å². The van der Waals surface area contributed by atoms with Crippen molar-refractivity contribution in [1.82, 2.24) is 5.32 Å². The van der Waals surface area contributed by atoms with Gasteiger partial charge in [0.15, 0.2) is 0 Å². The predicted octanol–water partition coefficient (Wildman–Crippen LogP) is 0.206. The van der Waals surface area contributed by atoms with Crippen molar-refractivity contribution < 1.29 is 19.4 Å². The Morgan fingerprint density at radius 1 is 1.64 bits per heavy atom. The first-order valence-corrected chi connectivity index (χ1v) is 3.12. The molecule has 0 aromatic rings. The number of amides is 1. The zero-order valence-corrected chi connectivity index (χ0v) is 6.46. The fraction of sp³-hybridized carbons (Fsp3) is 0.667. The maximum atomic E-state index is 10.5. The number of methoxy groups -OCH3 is 1. The lowest BCUT2D eigenvalue weighted by molar-refractivity contribution is -0.137. The Morgan fingerprint density at radius 2 is 2.18 bits per heavy atom. The average Bonchev–Trinajstić information content (AvgIpc) is 1.85. The number of carbonyl (C=O) groups is 2. The zero-order valence-electron chi connectivity index (χ0n) is 6.46. The summed E-state index contributed by atoms with van der Waals surface area (Å²) in [5.74, 6) is -0.950. The van der Waals surface area contributed by atoms with Crippen LogP contribution in [0.25, 0.3) is 0 Å². The Bertz CT molecular complexity index is 157. The highest BCUT2D eigenvalue weighted by Gasteiger charge is 2.09. The molecule has 0 rings (SSSR count). The van der Waals surface area contributed by atoms with Crippen molar-refractivity contribution in [2.45, 2.75) is 19.4 Å². The standard InChI is InChI=1S/C6H11NO4/c1-4(3-5(8)9)7-6(10)11-2/h4H,3H2,1-2H3,(H,7,10)(H,8,9)/t4-/m0/s1. The smallest absolute Gasteiger partial charge is 0.407 e. The van der Waals surface area contributed by atoms with Crippen LogP contribution in [-0.2, 0) is 9.53 Å². The fourth-order valence-electron chi connectivity index (χ4n) is 0.573. The second kappa shape index (κ2) is 4.54. The summed E-state index contributed by atoms with van der Waals surface area (Å²) in [5.41, 5.74) is 0. The van der Waals surface area contributed by atoms with Crippen molar-refractivity contribution in [1.29, 1.82) is 0 Å². The van der Waals surface area contributed by atoms with E-state index in [9.17, 15) is 9.59 Å². The molecule has 11 heavy (non-hydrogen) atoms. The van der Waals surface area contributed by atoms with E-state index in [-0.39, 0.29) is 6.42 Å². The highest BCUT2D eigenvalue weighted by Crippen LogP contribution is 1.90. The number of hydrogen-bond donors (Lipinski definition) is 2. The Labute approximate surface area is 64.3 Å². The Kier molecular flexibility index (Phi) is 4.02. The highest BCUT2D eigenvalue weighted by molar-refractivity contribution is 5.71. The highest BCUT2D eigenvalue weighted by atomic mass is 16.5. The van der Waals surface area contributed by atoms with Gasteiger partial charge in [-0.3, -0.25) is 4.79 Å². The van der Waals surface area contributed by atoms with Crippen LogP contribution in [0.4, 0.5) is 4.79 Å². The fourth-order valence-corrected chi connectivity index (χ4v) is 0.573. The maximum absolute atomic E-state index is 10.5. The van der Waals surface area contributed by atoms with Gasteiger partial charge in [-0.25, -0.2) is 4.79 Å². The van der Waals surface area contributed by atoms with Crippen LogP contribution in [0.5, 0.6) is 0 Å². The van der Waals surface area contributed by atoms with E-state index in [0.717, 1.165) is 0 Å². The number of rotatable bonds is 3. The normalized spacial score (nSPS) is 11.8. The summed E-state index contributed by atoms with van der Waals surface area (Å²) in [4.78, 5) is 20.6. The van der Waals surface area contributed by atoms with Crippen LogP contribution in [0.3, 0.4) is 0 Å². The molecule has 0 saturated carbocycles. The second-order valence-electron chi connectivity index (χ2n) is 2.13. The molecule has 64 valence electrons. The molecule has 0 bridgehead atoms. The maximum Gasteiger partial charge on any atom is 0.407 e. The summed E-state index contributed by atoms with van der Waals surface area (Å²) in [5, 5.41) is 10.6. The number of alkyl carbamates (subject to hydrolysis) is 1. The third kappa shape index (κ3) is 5.20. The summed E-state index contributed by atoms with van der Waals surface area (Å²) in [6, 6.07) is -0.403. The Morgan fingerprint density at radius 3 is 2.55 bits per heavy atom.